The Bertz CT molecular complexity index is 893. The van der Waals surface area contributed by atoms with Gasteiger partial charge in [0, 0.05) is 50.5 Å². The molecule has 1 saturated carbocycles. The Labute approximate surface area is 165 Å². The highest BCUT2D eigenvalue weighted by Crippen LogP contribution is 2.47. The van der Waals surface area contributed by atoms with Crippen molar-refractivity contribution in [2.24, 2.45) is 12.5 Å². The van der Waals surface area contributed by atoms with E-state index in [1.54, 1.807) is 11.8 Å². The van der Waals surface area contributed by atoms with Gasteiger partial charge in [0.15, 0.2) is 5.69 Å². The number of para-hydroxylation sites is 1. The lowest BCUT2D eigenvalue weighted by atomic mass is 9.74. The zero-order valence-corrected chi connectivity index (χ0v) is 16.6. The van der Waals surface area contributed by atoms with Crippen molar-refractivity contribution in [2.45, 2.75) is 38.1 Å². The Morgan fingerprint density at radius 3 is 3.00 bits per heavy atom. The Kier molecular flexibility index (Phi) is 5.10. The van der Waals surface area contributed by atoms with Crippen molar-refractivity contribution < 1.29 is 14.3 Å². The van der Waals surface area contributed by atoms with E-state index in [1.165, 1.54) is 0 Å². The Morgan fingerprint density at radius 1 is 1.36 bits per heavy atom. The van der Waals surface area contributed by atoms with Crippen LogP contribution in [-0.2, 0) is 16.6 Å². The number of rotatable bonds is 6. The Balaban J connectivity index is 1.51. The third-order valence-corrected chi connectivity index (χ3v) is 6.50. The van der Waals surface area contributed by atoms with E-state index < -0.39 is 0 Å². The van der Waals surface area contributed by atoms with Crippen LogP contribution in [0.15, 0.2) is 24.3 Å². The quantitative estimate of drug-likeness (QED) is 0.828. The molecule has 150 valence electrons. The highest BCUT2D eigenvalue weighted by molar-refractivity contribution is 6.04. The third-order valence-electron chi connectivity index (χ3n) is 6.50. The fourth-order valence-corrected chi connectivity index (χ4v) is 5.06. The molecule has 1 aromatic carbocycles. The van der Waals surface area contributed by atoms with E-state index in [1.807, 2.05) is 36.2 Å². The van der Waals surface area contributed by atoms with Gasteiger partial charge in [0.05, 0.1) is 12.1 Å². The van der Waals surface area contributed by atoms with Crippen molar-refractivity contribution in [1.29, 1.82) is 0 Å². The predicted octanol–water partition coefficient (Wildman–Crippen LogP) is 2.11. The second kappa shape index (κ2) is 7.54. The number of methoxy groups -OCH3 is 1. The molecule has 1 aliphatic heterocycles. The molecule has 1 aliphatic carbocycles. The van der Waals surface area contributed by atoms with E-state index in [0.29, 0.717) is 31.8 Å². The molecular weight excluding hydrogens is 356 g/mol. The van der Waals surface area contributed by atoms with Crippen LogP contribution in [0.25, 0.3) is 10.9 Å². The van der Waals surface area contributed by atoms with Crippen molar-refractivity contribution in [3.63, 3.8) is 0 Å². The SMILES string of the molecule is COCCN1C(=O)CC[C@]2(CNC(=O)c3nn(C)c4ccccc34)CCC[C@@H]12. The molecule has 4 rings (SSSR count). The van der Waals surface area contributed by atoms with E-state index in [9.17, 15) is 9.59 Å². The van der Waals surface area contributed by atoms with Gasteiger partial charge in [-0.2, -0.15) is 5.10 Å². The average Bonchev–Trinajstić information content (AvgIpc) is 3.28. The summed E-state index contributed by atoms with van der Waals surface area (Å²) in [6.07, 6.45) is 4.51. The highest BCUT2D eigenvalue weighted by Gasteiger charge is 2.50. The van der Waals surface area contributed by atoms with Gasteiger partial charge in [-0.15, -0.1) is 0 Å². The topological polar surface area (TPSA) is 76.5 Å². The number of amides is 2. The number of aryl methyl sites for hydroxylation is 1. The van der Waals surface area contributed by atoms with Gasteiger partial charge in [0.2, 0.25) is 5.91 Å². The summed E-state index contributed by atoms with van der Waals surface area (Å²) >= 11 is 0. The van der Waals surface area contributed by atoms with Crippen LogP contribution < -0.4 is 5.32 Å². The monoisotopic (exact) mass is 384 g/mol. The molecule has 0 radical (unpaired) electrons. The number of aromatic nitrogens is 2. The molecule has 1 aromatic heterocycles. The molecule has 1 saturated heterocycles. The molecule has 0 unspecified atom stereocenters. The van der Waals surface area contributed by atoms with E-state index in [-0.39, 0.29) is 23.3 Å². The van der Waals surface area contributed by atoms with Crippen LogP contribution in [0.4, 0.5) is 0 Å². The van der Waals surface area contributed by atoms with Crippen LogP contribution in [0.5, 0.6) is 0 Å². The first-order valence-electron chi connectivity index (χ1n) is 10.0. The maximum atomic E-state index is 12.9. The standard InChI is InChI=1S/C21H28N4O3/c1-24-16-7-4-3-6-15(16)19(23-24)20(27)22-14-21-10-5-8-17(21)25(12-13-28-2)18(26)9-11-21/h3-4,6-7,17H,5,8-14H2,1-2H3,(H,22,27)/t17-,21+/m1/s1. The summed E-state index contributed by atoms with van der Waals surface area (Å²) in [6, 6.07) is 7.95. The van der Waals surface area contributed by atoms with Crippen molar-refractivity contribution >= 4 is 22.7 Å². The van der Waals surface area contributed by atoms with Crippen LogP contribution in [0.3, 0.4) is 0 Å². The maximum Gasteiger partial charge on any atom is 0.272 e. The van der Waals surface area contributed by atoms with Gasteiger partial charge in [0.25, 0.3) is 5.91 Å². The number of hydrogen-bond acceptors (Lipinski definition) is 4. The van der Waals surface area contributed by atoms with Gasteiger partial charge in [-0.05, 0) is 25.3 Å². The van der Waals surface area contributed by atoms with Crippen LogP contribution in [-0.4, -0.2) is 59.3 Å². The van der Waals surface area contributed by atoms with Gasteiger partial charge in [-0.25, -0.2) is 0 Å². The molecule has 2 aromatic rings. The van der Waals surface area contributed by atoms with Gasteiger partial charge in [-0.3, -0.25) is 14.3 Å². The molecule has 2 aliphatic rings. The minimum Gasteiger partial charge on any atom is -0.383 e. The minimum absolute atomic E-state index is 0.0398. The largest absolute Gasteiger partial charge is 0.383 e. The summed E-state index contributed by atoms with van der Waals surface area (Å²) < 4.78 is 6.94. The number of hydrogen-bond donors (Lipinski definition) is 1. The summed E-state index contributed by atoms with van der Waals surface area (Å²) in [7, 11) is 3.51. The van der Waals surface area contributed by atoms with Gasteiger partial charge in [-0.1, -0.05) is 24.6 Å². The number of piperidine rings is 1. The number of carbonyl (C=O) groups is 2. The lowest BCUT2D eigenvalue weighted by Crippen LogP contribution is -2.56. The van der Waals surface area contributed by atoms with Crippen molar-refractivity contribution in [3.8, 4) is 0 Å². The van der Waals surface area contributed by atoms with Crippen LogP contribution >= 0.6 is 0 Å². The second-order valence-electron chi connectivity index (χ2n) is 8.02. The lowest BCUT2D eigenvalue weighted by molar-refractivity contribution is -0.142. The first-order chi connectivity index (χ1) is 13.6. The summed E-state index contributed by atoms with van der Waals surface area (Å²) in [5.74, 6) is 0.0683. The number of ether oxygens (including phenoxy) is 1. The van der Waals surface area contributed by atoms with Crippen LogP contribution in [0, 0.1) is 5.41 Å². The molecule has 1 N–H and O–H groups in total. The molecule has 2 atom stereocenters. The molecule has 7 heteroatoms. The summed E-state index contributed by atoms with van der Waals surface area (Å²) in [5, 5.41) is 8.44. The van der Waals surface area contributed by atoms with Crippen molar-refractivity contribution in [3.05, 3.63) is 30.0 Å². The van der Waals surface area contributed by atoms with Gasteiger partial charge < -0.3 is 15.0 Å². The fourth-order valence-electron chi connectivity index (χ4n) is 5.06. The highest BCUT2D eigenvalue weighted by atomic mass is 16.5. The maximum absolute atomic E-state index is 12.9. The van der Waals surface area contributed by atoms with Crippen LogP contribution in [0.2, 0.25) is 0 Å². The number of nitrogens with zero attached hydrogens (tertiary/aromatic N) is 3. The first kappa shape index (κ1) is 18.9. The number of carbonyl (C=O) groups excluding carboxylic acids is 2. The molecule has 0 spiro atoms. The normalized spacial score (nSPS) is 24.6. The molecule has 28 heavy (non-hydrogen) atoms. The van der Waals surface area contributed by atoms with Gasteiger partial charge in [0.1, 0.15) is 0 Å². The summed E-state index contributed by atoms with van der Waals surface area (Å²) in [4.78, 5) is 27.4. The fraction of sp³-hybridized carbons (Fsp3) is 0.571. The van der Waals surface area contributed by atoms with Crippen molar-refractivity contribution in [2.75, 3.05) is 26.8 Å². The molecule has 2 fully saturated rings. The molecule has 7 nitrogen and oxygen atoms in total. The number of benzene rings is 1. The Hall–Kier alpha value is -2.41. The smallest absolute Gasteiger partial charge is 0.272 e. The summed E-state index contributed by atoms with van der Waals surface area (Å²) in [6.45, 7) is 1.75. The first-order valence-corrected chi connectivity index (χ1v) is 10.0. The van der Waals surface area contributed by atoms with Crippen LogP contribution in [0.1, 0.15) is 42.6 Å². The second-order valence-corrected chi connectivity index (χ2v) is 8.02. The van der Waals surface area contributed by atoms with E-state index in [2.05, 4.69) is 10.4 Å². The third kappa shape index (κ3) is 3.17. The zero-order chi connectivity index (χ0) is 19.7. The van der Waals surface area contributed by atoms with Crippen molar-refractivity contribution in [1.82, 2.24) is 20.0 Å². The Morgan fingerprint density at radius 2 is 2.18 bits per heavy atom. The summed E-state index contributed by atoms with van der Waals surface area (Å²) in [5.41, 5.74) is 1.37. The molecular formula is C21H28N4O3. The molecule has 0 bridgehead atoms. The van der Waals surface area contributed by atoms with E-state index in [4.69, 9.17) is 4.74 Å². The number of fused-ring (bicyclic) bond motifs is 2. The number of likely N-dealkylation sites (tertiary alicyclic amines) is 1. The minimum atomic E-state index is -0.142. The molecule has 2 amide bonds. The molecule has 2 heterocycles. The average molecular weight is 384 g/mol. The number of nitrogens with one attached hydrogen (secondary N) is 1. The van der Waals surface area contributed by atoms with Gasteiger partial charge >= 0.3 is 0 Å². The zero-order valence-electron chi connectivity index (χ0n) is 16.6. The van der Waals surface area contributed by atoms with E-state index in [0.717, 1.165) is 36.6 Å². The predicted molar refractivity (Wildman–Crippen MR) is 106 cm³/mol. The lowest BCUT2D eigenvalue weighted by Gasteiger charge is -2.46. The van der Waals surface area contributed by atoms with E-state index >= 15 is 0 Å².